The lowest BCUT2D eigenvalue weighted by Gasteiger charge is -2.22. The Kier molecular flexibility index (Phi) is 8.39. The molecule has 2 heterocycles. The smallest absolute Gasteiger partial charge is 0.326 e. The predicted molar refractivity (Wildman–Crippen MR) is 163 cm³/mol. The fraction of sp³-hybridized carbons (Fsp3) is 0.100. The third kappa shape index (κ3) is 6.43. The number of rotatable bonds is 9. The van der Waals surface area contributed by atoms with Crippen LogP contribution in [0.15, 0.2) is 87.5 Å². The van der Waals surface area contributed by atoms with Crippen LogP contribution < -0.4 is 5.32 Å². The Balaban J connectivity index is 1.25. The van der Waals surface area contributed by atoms with Gasteiger partial charge >= 0.3 is 11.9 Å². The van der Waals surface area contributed by atoms with E-state index in [-0.39, 0.29) is 21.4 Å². The van der Waals surface area contributed by atoms with E-state index in [4.69, 9.17) is 17.3 Å². The molecule has 3 aromatic rings. The fourth-order valence-corrected chi connectivity index (χ4v) is 6.61. The van der Waals surface area contributed by atoms with Gasteiger partial charge in [0, 0.05) is 21.8 Å². The molecule has 2 aliphatic rings. The summed E-state index contributed by atoms with van der Waals surface area (Å²) in [6, 6.07) is 19.4. The Hall–Kier alpha value is -4.19. The minimum absolute atomic E-state index is 0.0669. The average Bonchev–Trinajstić information content (AvgIpc) is 3.22. The number of hydrogen-bond acceptors (Lipinski definition) is 8. The molecule has 5 rings (SSSR count). The first-order chi connectivity index (χ1) is 19.7. The number of hydrogen-bond donors (Lipinski definition) is 3. The van der Waals surface area contributed by atoms with Gasteiger partial charge in [0.15, 0.2) is 5.78 Å². The topological polar surface area (TPSA) is 124 Å². The highest BCUT2D eigenvalue weighted by atomic mass is 32.2. The molecule has 0 aliphatic carbocycles. The Morgan fingerprint density at radius 2 is 1.63 bits per heavy atom. The van der Waals surface area contributed by atoms with Crippen LogP contribution in [-0.2, 0) is 14.4 Å². The zero-order valence-electron chi connectivity index (χ0n) is 21.3. The molecule has 41 heavy (non-hydrogen) atoms. The number of ketones is 1. The molecular formula is C30H22N2O6S3. The van der Waals surface area contributed by atoms with Crippen LogP contribution in [0.1, 0.15) is 34.3 Å². The summed E-state index contributed by atoms with van der Waals surface area (Å²) < 4.78 is 0.0669. The largest absolute Gasteiger partial charge is 0.481 e. The number of nitrogens with zero attached hydrogens (tertiary/aromatic N) is 1. The van der Waals surface area contributed by atoms with Crippen LogP contribution in [0.3, 0.4) is 0 Å². The fourth-order valence-electron chi connectivity index (χ4n) is 4.29. The van der Waals surface area contributed by atoms with Gasteiger partial charge in [0.25, 0.3) is 5.91 Å². The summed E-state index contributed by atoms with van der Waals surface area (Å²) in [6.07, 6.45) is 4.17. The molecule has 3 N–H and O–H groups in total. The van der Waals surface area contributed by atoms with E-state index in [0.29, 0.717) is 11.1 Å². The van der Waals surface area contributed by atoms with Crippen LogP contribution in [0.4, 0.5) is 11.4 Å². The molecule has 2 aliphatic heterocycles. The molecule has 8 nitrogen and oxygen atoms in total. The van der Waals surface area contributed by atoms with Crippen LogP contribution >= 0.6 is 35.7 Å². The number of allylic oxidation sites excluding steroid dienone is 1. The molecule has 0 radical (unpaired) electrons. The number of anilines is 2. The summed E-state index contributed by atoms with van der Waals surface area (Å²) in [5, 5.41) is 21.8. The van der Waals surface area contributed by atoms with Gasteiger partial charge in [0.1, 0.15) is 10.4 Å². The number of nitrogens with one attached hydrogen (secondary N) is 1. The number of aliphatic carboxylic acids is 2. The minimum atomic E-state index is -1.35. The number of amides is 1. The number of carboxylic acids is 2. The third-order valence-electron chi connectivity index (χ3n) is 6.35. The number of carbonyl (C=O) groups excluding carboxylic acids is 2. The van der Waals surface area contributed by atoms with Crippen molar-refractivity contribution >= 4 is 87.2 Å². The second-order valence-electron chi connectivity index (χ2n) is 9.14. The molecule has 1 atom stereocenters. The Morgan fingerprint density at radius 3 is 2.37 bits per heavy atom. The number of thioether (sulfide) groups is 1. The molecule has 0 bridgehead atoms. The van der Waals surface area contributed by atoms with E-state index in [0.717, 1.165) is 43.4 Å². The summed E-state index contributed by atoms with van der Waals surface area (Å²) in [5.41, 5.74) is 3.92. The maximum atomic E-state index is 12.9. The van der Waals surface area contributed by atoms with E-state index in [9.17, 15) is 24.3 Å². The molecule has 3 aromatic carbocycles. The van der Waals surface area contributed by atoms with Gasteiger partial charge in [0.05, 0.1) is 16.3 Å². The molecule has 0 unspecified atom stereocenters. The number of fused-ring (bicyclic) bond motifs is 2. The van der Waals surface area contributed by atoms with Crippen LogP contribution in [-0.4, -0.2) is 49.1 Å². The molecule has 0 aromatic heterocycles. The maximum absolute atomic E-state index is 12.9. The summed E-state index contributed by atoms with van der Waals surface area (Å²) in [7, 11) is 0. The van der Waals surface area contributed by atoms with Crippen molar-refractivity contribution in [3.8, 4) is 0 Å². The van der Waals surface area contributed by atoms with E-state index < -0.39 is 30.3 Å². The number of carboxylic acid groups (broad SMARTS) is 2. The molecule has 0 saturated carbocycles. The molecule has 0 spiro atoms. The molecule has 1 fully saturated rings. The third-order valence-corrected chi connectivity index (χ3v) is 8.84. The minimum Gasteiger partial charge on any atom is -0.481 e. The van der Waals surface area contributed by atoms with Gasteiger partial charge in [-0.2, -0.15) is 0 Å². The van der Waals surface area contributed by atoms with E-state index in [1.807, 2.05) is 42.5 Å². The lowest BCUT2D eigenvalue weighted by Crippen LogP contribution is -2.44. The lowest BCUT2D eigenvalue weighted by molar-refractivity contribution is -0.146. The van der Waals surface area contributed by atoms with Crippen molar-refractivity contribution in [2.24, 2.45) is 0 Å². The van der Waals surface area contributed by atoms with Crippen molar-refractivity contribution in [1.82, 2.24) is 4.90 Å². The van der Waals surface area contributed by atoms with Gasteiger partial charge in [0.2, 0.25) is 0 Å². The Morgan fingerprint density at radius 1 is 0.927 bits per heavy atom. The van der Waals surface area contributed by atoms with Gasteiger partial charge in [-0.25, -0.2) is 4.79 Å². The lowest BCUT2D eigenvalue weighted by atomic mass is 10.1. The van der Waals surface area contributed by atoms with E-state index in [2.05, 4.69) is 5.32 Å². The highest BCUT2D eigenvalue weighted by molar-refractivity contribution is 8.26. The van der Waals surface area contributed by atoms with Crippen LogP contribution in [0, 0.1) is 0 Å². The second kappa shape index (κ2) is 12.1. The van der Waals surface area contributed by atoms with E-state index in [1.165, 1.54) is 6.08 Å². The van der Waals surface area contributed by atoms with Crippen molar-refractivity contribution in [2.75, 3.05) is 5.32 Å². The van der Waals surface area contributed by atoms with E-state index in [1.54, 1.807) is 48.2 Å². The van der Waals surface area contributed by atoms with Crippen LogP contribution in [0.25, 0.3) is 12.2 Å². The molecule has 11 heteroatoms. The van der Waals surface area contributed by atoms with Gasteiger partial charge in [-0.15, -0.1) is 0 Å². The molecule has 206 valence electrons. The summed E-state index contributed by atoms with van der Waals surface area (Å²) in [5.74, 6) is -3.18. The molecular weight excluding hydrogens is 581 g/mol. The number of para-hydroxylation sites is 1. The number of thiocarbonyl (C=S) groups is 1. The van der Waals surface area contributed by atoms with Crippen molar-refractivity contribution in [2.45, 2.75) is 28.7 Å². The van der Waals surface area contributed by atoms with Gasteiger partial charge < -0.3 is 15.5 Å². The summed E-state index contributed by atoms with van der Waals surface area (Å²) >= 11 is 7.85. The number of carbonyl (C=O) groups is 4. The second-order valence-corrected chi connectivity index (χ2v) is 11.9. The Labute approximate surface area is 249 Å². The van der Waals surface area contributed by atoms with Crippen LogP contribution in [0.5, 0.6) is 0 Å². The van der Waals surface area contributed by atoms with Crippen molar-refractivity contribution in [3.05, 3.63) is 94.4 Å². The first kappa shape index (κ1) is 28.3. The summed E-state index contributed by atoms with van der Waals surface area (Å²) in [4.78, 5) is 51.8. The molecule has 1 amide bonds. The Bertz CT molecular complexity index is 1650. The normalized spacial score (nSPS) is 15.9. The van der Waals surface area contributed by atoms with Gasteiger partial charge in [-0.05, 0) is 60.0 Å². The van der Waals surface area contributed by atoms with E-state index >= 15 is 0 Å². The maximum Gasteiger partial charge on any atom is 0.326 e. The van der Waals surface area contributed by atoms with Gasteiger partial charge in [-0.3, -0.25) is 19.3 Å². The molecule has 1 saturated heterocycles. The van der Waals surface area contributed by atoms with Crippen LogP contribution in [0.2, 0.25) is 0 Å². The SMILES string of the molecule is O=C(O)CC[C@@H](C(=O)O)N1C(=O)/C(=C\c2ccc(/C=C/C(=O)c3ccc4c(c3)Nc3ccccc3S4)cc2)SC1=S. The van der Waals surface area contributed by atoms with Gasteiger partial charge in [-0.1, -0.05) is 78.2 Å². The van der Waals surface area contributed by atoms with Crippen molar-refractivity contribution in [1.29, 1.82) is 0 Å². The predicted octanol–water partition coefficient (Wildman–Crippen LogP) is 6.31. The highest BCUT2D eigenvalue weighted by Gasteiger charge is 2.40. The standard InChI is InChI=1S/C30H22N2O6S3/c33-23(19-10-13-25-21(16-19)31-20-3-1-2-4-24(20)40-25)12-9-17-5-7-18(8-6-17)15-26-28(36)32(30(39)41-26)22(29(37)38)11-14-27(34)35/h1-10,12-13,15-16,22,31H,11,14H2,(H,34,35)(H,37,38)/b12-9+,26-15+/t22-/m0/s1. The van der Waals surface area contributed by atoms with Crippen molar-refractivity contribution < 1.29 is 29.4 Å². The zero-order chi connectivity index (χ0) is 29.1. The van der Waals surface area contributed by atoms with Crippen molar-refractivity contribution in [3.63, 3.8) is 0 Å². The monoisotopic (exact) mass is 602 g/mol. The highest BCUT2D eigenvalue weighted by Crippen LogP contribution is 2.44. The summed E-state index contributed by atoms with van der Waals surface area (Å²) in [6.45, 7) is 0. The first-order valence-corrected chi connectivity index (χ1v) is 14.5. The first-order valence-electron chi connectivity index (χ1n) is 12.4. The average molecular weight is 603 g/mol. The zero-order valence-corrected chi connectivity index (χ0v) is 23.7. The quantitative estimate of drug-likeness (QED) is 0.114. The number of benzene rings is 3.